The van der Waals surface area contributed by atoms with Gasteiger partial charge in [0.15, 0.2) is 0 Å². The molecule has 0 radical (unpaired) electrons. The first-order chi connectivity index (χ1) is 13.6. The van der Waals surface area contributed by atoms with E-state index in [1.807, 2.05) is 32.2 Å². The van der Waals surface area contributed by atoms with Crippen molar-refractivity contribution in [2.45, 2.75) is 25.3 Å². The summed E-state index contributed by atoms with van der Waals surface area (Å²) in [5.41, 5.74) is 1.87. The number of anilines is 1. The number of piperidine rings is 1. The molecule has 8 nitrogen and oxygen atoms in total. The predicted octanol–water partition coefficient (Wildman–Crippen LogP) is 2.05. The number of amides is 2. The number of rotatable bonds is 7. The van der Waals surface area contributed by atoms with Gasteiger partial charge in [-0.2, -0.15) is 4.37 Å². The molecule has 28 heavy (non-hydrogen) atoms. The van der Waals surface area contributed by atoms with Gasteiger partial charge in [-0.15, -0.1) is 0 Å². The molecule has 2 aromatic rings. The average Bonchev–Trinajstić information content (AvgIpc) is 3.11. The Bertz CT molecular complexity index is 766. The van der Waals surface area contributed by atoms with Crippen LogP contribution in [-0.4, -0.2) is 66.7 Å². The normalized spacial score (nSPS) is 20.0. The molecule has 0 aliphatic carbocycles. The first-order valence-corrected chi connectivity index (χ1v) is 10.2. The predicted molar refractivity (Wildman–Crippen MR) is 111 cm³/mol. The van der Waals surface area contributed by atoms with Crippen molar-refractivity contribution >= 4 is 22.6 Å². The number of pyridine rings is 1. The molecule has 0 saturated carbocycles. The maximum Gasteiger partial charge on any atom is 0.320 e. The number of hydrogen-bond donors (Lipinski definition) is 3. The van der Waals surface area contributed by atoms with Crippen molar-refractivity contribution in [3.8, 4) is 5.75 Å². The number of nitrogens with zero attached hydrogens (tertiary/aromatic N) is 3. The molecule has 2 atom stereocenters. The van der Waals surface area contributed by atoms with Crippen LogP contribution >= 0.6 is 11.5 Å². The van der Waals surface area contributed by atoms with Crippen molar-refractivity contribution in [1.29, 1.82) is 0 Å². The van der Waals surface area contributed by atoms with Crippen molar-refractivity contribution in [2.75, 3.05) is 45.7 Å². The third-order valence-corrected chi connectivity index (χ3v) is 5.73. The lowest BCUT2D eigenvalue weighted by molar-refractivity contribution is 0.174. The quantitative estimate of drug-likeness (QED) is 0.654. The van der Waals surface area contributed by atoms with Crippen LogP contribution in [-0.2, 0) is 0 Å². The lowest BCUT2D eigenvalue weighted by Gasteiger charge is -2.38. The van der Waals surface area contributed by atoms with Gasteiger partial charge in [0.05, 0.1) is 19.0 Å². The van der Waals surface area contributed by atoms with E-state index in [1.54, 1.807) is 13.3 Å². The number of methoxy groups -OCH3 is 1. The number of ether oxygens (including phenoxy) is 1. The maximum absolute atomic E-state index is 12.5. The number of nitrogens with one attached hydrogen (secondary N) is 3. The van der Waals surface area contributed by atoms with Crippen molar-refractivity contribution in [1.82, 2.24) is 24.9 Å². The van der Waals surface area contributed by atoms with Crippen molar-refractivity contribution in [3.05, 3.63) is 35.8 Å². The maximum atomic E-state index is 12.5. The van der Waals surface area contributed by atoms with Gasteiger partial charge in [0.25, 0.3) is 0 Å². The summed E-state index contributed by atoms with van der Waals surface area (Å²) in [5.74, 6) is 0.847. The van der Waals surface area contributed by atoms with E-state index in [9.17, 15) is 4.79 Å². The van der Waals surface area contributed by atoms with Crippen LogP contribution in [0.25, 0.3) is 0 Å². The largest absolute Gasteiger partial charge is 0.495 e. The summed E-state index contributed by atoms with van der Waals surface area (Å²) in [6, 6.07) is 5.60. The first kappa shape index (κ1) is 20.5. The monoisotopic (exact) mass is 404 g/mol. The fourth-order valence-electron chi connectivity index (χ4n) is 3.44. The Kier molecular flexibility index (Phi) is 7.18. The summed E-state index contributed by atoms with van der Waals surface area (Å²) in [5, 5.41) is 9.98. The second-order valence-corrected chi connectivity index (χ2v) is 7.76. The van der Waals surface area contributed by atoms with Gasteiger partial charge < -0.3 is 20.3 Å². The molecule has 0 spiro atoms. The average molecular weight is 405 g/mol. The summed E-state index contributed by atoms with van der Waals surface area (Å²) in [4.78, 5) is 19.5. The highest BCUT2D eigenvalue weighted by atomic mass is 32.1. The van der Waals surface area contributed by atoms with E-state index in [1.165, 1.54) is 11.5 Å². The van der Waals surface area contributed by atoms with E-state index in [0.29, 0.717) is 0 Å². The van der Waals surface area contributed by atoms with Crippen molar-refractivity contribution in [3.63, 3.8) is 0 Å². The lowest BCUT2D eigenvalue weighted by atomic mass is 9.89. The van der Waals surface area contributed by atoms with E-state index in [-0.39, 0.29) is 18.0 Å². The third kappa shape index (κ3) is 5.40. The molecule has 0 unspecified atom stereocenters. The Hall–Kier alpha value is -2.23. The van der Waals surface area contributed by atoms with Crippen molar-refractivity contribution < 1.29 is 9.53 Å². The van der Waals surface area contributed by atoms with E-state index in [2.05, 4.69) is 30.2 Å². The summed E-state index contributed by atoms with van der Waals surface area (Å²) >= 11 is 1.29. The SMILES string of the molecule is CNCCN1CC[C@@H](NC(=O)Nc2cc(C)ns2)[C@H](c2ccc(OC)cn2)C1. The highest BCUT2D eigenvalue weighted by Gasteiger charge is 2.32. The molecule has 1 saturated heterocycles. The van der Waals surface area contributed by atoms with Gasteiger partial charge >= 0.3 is 6.03 Å². The molecule has 1 aliphatic heterocycles. The van der Waals surface area contributed by atoms with E-state index >= 15 is 0 Å². The highest BCUT2D eigenvalue weighted by molar-refractivity contribution is 7.10. The Labute approximate surface area is 169 Å². The number of hydrogen-bond acceptors (Lipinski definition) is 7. The van der Waals surface area contributed by atoms with Crippen LogP contribution in [0.4, 0.5) is 9.80 Å². The topological polar surface area (TPSA) is 91.4 Å². The molecule has 2 amide bonds. The van der Waals surface area contributed by atoms with E-state index < -0.39 is 0 Å². The molecule has 0 bridgehead atoms. The number of urea groups is 1. The summed E-state index contributed by atoms with van der Waals surface area (Å²) in [6.45, 7) is 5.62. The summed E-state index contributed by atoms with van der Waals surface area (Å²) in [7, 11) is 3.59. The first-order valence-electron chi connectivity index (χ1n) is 9.46. The molecule has 1 aliphatic rings. The molecule has 152 valence electrons. The Morgan fingerprint density at radius 3 is 2.93 bits per heavy atom. The molecule has 3 N–H and O–H groups in total. The molecule has 0 aromatic carbocycles. The van der Waals surface area contributed by atoms with Gasteiger partial charge in [-0.25, -0.2) is 4.79 Å². The van der Waals surface area contributed by atoms with Crippen LogP contribution in [0.2, 0.25) is 0 Å². The zero-order valence-corrected chi connectivity index (χ0v) is 17.4. The minimum Gasteiger partial charge on any atom is -0.495 e. The lowest BCUT2D eigenvalue weighted by Crippen LogP contribution is -2.51. The molecular weight excluding hydrogens is 376 g/mol. The zero-order chi connectivity index (χ0) is 19.9. The Morgan fingerprint density at radius 1 is 1.43 bits per heavy atom. The van der Waals surface area contributed by atoms with Gasteiger partial charge in [0, 0.05) is 43.8 Å². The molecule has 1 fully saturated rings. The van der Waals surface area contributed by atoms with Crippen LogP contribution < -0.4 is 20.7 Å². The standard InChI is InChI=1S/C19H28N6O2S/c1-13-10-18(28-24-13)23-19(26)22-17-6-8-25(9-7-20-2)12-15(17)16-5-4-14(27-3)11-21-16/h4-5,10-11,15,17,20H,6-9,12H2,1-3H3,(H2,22,23,26)/t15-,17+/m0/s1. The van der Waals surface area contributed by atoms with Crippen molar-refractivity contribution in [2.24, 2.45) is 0 Å². The summed E-state index contributed by atoms with van der Waals surface area (Å²) in [6.07, 6.45) is 2.61. The van der Waals surface area contributed by atoms with Crippen LogP contribution in [0.15, 0.2) is 24.4 Å². The molecule has 3 rings (SSSR count). The van der Waals surface area contributed by atoms with Crippen LogP contribution in [0.3, 0.4) is 0 Å². The third-order valence-electron chi connectivity index (χ3n) is 4.93. The number of aromatic nitrogens is 2. The fourth-order valence-corrected chi connectivity index (χ4v) is 4.09. The molecule has 2 aromatic heterocycles. The molecule has 9 heteroatoms. The van der Waals surface area contributed by atoms with Gasteiger partial charge in [-0.3, -0.25) is 10.3 Å². The summed E-state index contributed by atoms with van der Waals surface area (Å²) < 4.78 is 9.42. The van der Waals surface area contributed by atoms with Gasteiger partial charge in [-0.05, 0) is 50.1 Å². The number of likely N-dealkylation sites (N-methyl/N-ethyl adjacent to an activating group) is 1. The Morgan fingerprint density at radius 2 is 2.29 bits per heavy atom. The smallest absolute Gasteiger partial charge is 0.320 e. The second-order valence-electron chi connectivity index (χ2n) is 6.96. The molecular formula is C19H28N6O2S. The number of likely N-dealkylation sites (tertiary alicyclic amines) is 1. The van der Waals surface area contributed by atoms with E-state index in [4.69, 9.17) is 4.74 Å². The minimum absolute atomic E-state index is 0.0146. The number of aryl methyl sites for hydroxylation is 1. The fraction of sp³-hybridized carbons (Fsp3) is 0.526. The minimum atomic E-state index is -0.198. The van der Waals surface area contributed by atoms with Crippen LogP contribution in [0.5, 0.6) is 5.75 Å². The van der Waals surface area contributed by atoms with Gasteiger partial charge in [-0.1, -0.05) is 0 Å². The Balaban J connectivity index is 1.69. The van der Waals surface area contributed by atoms with Gasteiger partial charge in [0.2, 0.25) is 0 Å². The van der Waals surface area contributed by atoms with Crippen LogP contribution in [0, 0.1) is 6.92 Å². The molecule has 3 heterocycles. The zero-order valence-electron chi connectivity index (χ0n) is 16.6. The van der Waals surface area contributed by atoms with Gasteiger partial charge in [0.1, 0.15) is 10.8 Å². The number of carbonyl (C=O) groups excluding carboxylic acids is 1. The van der Waals surface area contributed by atoms with E-state index in [0.717, 1.165) is 54.7 Å². The number of carbonyl (C=O) groups is 1. The second kappa shape index (κ2) is 9.81. The highest BCUT2D eigenvalue weighted by Crippen LogP contribution is 2.27. The van der Waals surface area contributed by atoms with Crippen LogP contribution in [0.1, 0.15) is 23.7 Å².